The number of rotatable bonds is 4. The van der Waals surface area contributed by atoms with Crippen LogP contribution in [0, 0.1) is 0 Å². The molecule has 1 aliphatic carbocycles. The summed E-state index contributed by atoms with van der Waals surface area (Å²) in [6.45, 7) is 0. The Hall–Kier alpha value is -1.58. The molecule has 2 rings (SSSR count). The van der Waals surface area contributed by atoms with E-state index < -0.39 is 44.9 Å². The fourth-order valence-corrected chi connectivity index (χ4v) is 3.82. The minimum atomic E-state index is -3.27. The predicted molar refractivity (Wildman–Crippen MR) is 68.1 cm³/mol. The van der Waals surface area contributed by atoms with E-state index in [1.54, 1.807) is 0 Å². The van der Waals surface area contributed by atoms with E-state index in [0.29, 0.717) is 19.3 Å². The molecule has 2 unspecified atom stereocenters. The highest BCUT2D eigenvalue weighted by molar-refractivity contribution is 7.91. The molecule has 0 amide bonds. The lowest BCUT2D eigenvalue weighted by molar-refractivity contribution is 0.0674. The van der Waals surface area contributed by atoms with Crippen molar-refractivity contribution in [3.05, 3.63) is 11.4 Å². The van der Waals surface area contributed by atoms with E-state index in [1.807, 2.05) is 0 Å². The molecule has 1 heterocycles. The highest BCUT2D eigenvalue weighted by Gasteiger charge is 2.35. The molecule has 7 nitrogen and oxygen atoms in total. The van der Waals surface area contributed by atoms with Crippen molar-refractivity contribution in [2.75, 3.05) is 6.26 Å². The van der Waals surface area contributed by atoms with Gasteiger partial charge in [-0.05, 0) is 19.3 Å². The Kier molecular flexibility index (Phi) is 4.26. The smallest absolute Gasteiger partial charge is 0.358 e. The molecule has 1 aromatic heterocycles. The number of hydrogen-bond acceptors (Lipinski definition) is 5. The first-order valence-electron chi connectivity index (χ1n) is 6.37. The van der Waals surface area contributed by atoms with E-state index in [-0.39, 0.29) is 6.42 Å². The van der Waals surface area contributed by atoms with Gasteiger partial charge >= 0.3 is 5.97 Å². The van der Waals surface area contributed by atoms with Crippen LogP contribution in [0.1, 0.15) is 54.3 Å². The van der Waals surface area contributed by atoms with Crippen molar-refractivity contribution >= 4 is 15.8 Å². The highest BCUT2D eigenvalue weighted by Crippen LogP contribution is 2.34. The molecular weight excluding hydrogens is 308 g/mol. The fourth-order valence-electron chi connectivity index (χ4n) is 2.66. The number of carboxylic acids is 1. The zero-order valence-electron chi connectivity index (χ0n) is 11.2. The van der Waals surface area contributed by atoms with E-state index >= 15 is 0 Å². The topological polar surface area (TPSA) is 102 Å². The monoisotopic (exact) mass is 323 g/mol. The lowest BCUT2D eigenvalue weighted by Gasteiger charge is -2.28. The molecule has 118 valence electrons. The van der Waals surface area contributed by atoms with Crippen LogP contribution < -0.4 is 0 Å². The maximum Gasteiger partial charge on any atom is 0.358 e. The number of carboxylic acid groups (broad SMARTS) is 1. The highest BCUT2D eigenvalue weighted by atomic mass is 32.2. The number of alkyl halides is 2. The number of hydrogen-bond donors (Lipinski definition) is 1. The number of sulfone groups is 1. The van der Waals surface area contributed by atoms with Gasteiger partial charge in [0.15, 0.2) is 5.69 Å². The maximum atomic E-state index is 13.1. The molecule has 1 N–H and O–H groups in total. The molecule has 2 atom stereocenters. The third-order valence-electron chi connectivity index (χ3n) is 3.69. The molecule has 0 bridgehead atoms. The summed E-state index contributed by atoms with van der Waals surface area (Å²) in [6.07, 6.45) is -0.301. The Morgan fingerprint density at radius 2 is 2.10 bits per heavy atom. The molecule has 0 spiro atoms. The molecular formula is C11H15F2N3O4S. The van der Waals surface area contributed by atoms with Gasteiger partial charge in [-0.15, -0.1) is 5.10 Å². The molecule has 21 heavy (non-hydrogen) atoms. The van der Waals surface area contributed by atoms with Gasteiger partial charge in [0, 0.05) is 6.26 Å². The Morgan fingerprint density at radius 3 is 2.62 bits per heavy atom. The van der Waals surface area contributed by atoms with Crippen molar-refractivity contribution in [1.29, 1.82) is 0 Å². The third kappa shape index (κ3) is 3.20. The van der Waals surface area contributed by atoms with Crippen LogP contribution in [0.5, 0.6) is 0 Å². The summed E-state index contributed by atoms with van der Waals surface area (Å²) in [5.74, 6) is -1.58. The van der Waals surface area contributed by atoms with Crippen LogP contribution in [0.3, 0.4) is 0 Å². The summed E-state index contributed by atoms with van der Waals surface area (Å²) >= 11 is 0. The van der Waals surface area contributed by atoms with Gasteiger partial charge in [0.25, 0.3) is 6.43 Å². The Labute approximate surface area is 119 Å². The molecule has 1 saturated carbocycles. The predicted octanol–water partition coefficient (Wildman–Crippen LogP) is 1.44. The summed E-state index contributed by atoms with van der Waals surface area (Å²) in [4.78, 5) is 10.9. The standard InChI is InChI=1S/C11H15F2N3O4S/c1-21(19,20)7-4-2-3-6(5-7)16-9(10(12)13)8(11(17)18)14-15-16/h6-7,10H,2-5H2,1H3,(H,17,18). The largest absolute Gasteiger partial charge is 0.476 e. The molecule has 0 radical (unpaired) electrons. The third-order valence-corrected chi connectivity index (χ3v) is 5.33. The normalized spacial score (nSPS) is 23.4. The number of carbonyl (C=O) groups is 1. The minimum Gasteiger partial charge on any atom is -0.476 e. The zero-order valence-corrected chi connectivity index (χ0v) is 12.1. The van der Waals surface area contributed by atoms with Gasteiger partial charge < -0.3 is 5.11 Å². The van der Waals surface area contributed by atoms with Crippen LogP contribution in [-0.2, 0) is 9.84 Å². The van der Waals surface area contributed by atoms with Crippen LogP contribution in [0.15, 0.2) is 0 Å². The zero-order chi connectivity index (χ0) is 15.8. The molecule has 1 fully saturated rings. The van der Waals surface area contributed by atoms with E-state index in [1.165, 1.54) is 0 Å². The van der Waals surface area contributed by atoms with E-state index in [4.69, 9.17) is 5.11 Å². The summed E-state index contributed by atoms with van der Waals surface area (Å²) in [7, 11) is -3.27. The first kappa shape index (κ1) is 15.8. The second kappa shape index (κ2) is 5.66. The van der Waals surface area contributed by atoms with E-state index in [2.05, 4.69) is 10.3 Å². The molecule has 1 aliphatic rings. The molecule has 10 heteroatoms. The first-order chi connectivity index (χ1) is 9.71. The Bertz CT molecular complexity index is 644. The lowest BCUT2D eigenvalue weighted by Crippen LogP contribution is -2.30. The average Bonchev–Trinajstić information content (AvgIpc) is 2.82. The summed E-state index contributed by atoms with van der Waals surface area (Å²) < 4.78 is 50.3. The first-order valence-corrected chi connectivity index (χ1v) is 8.32. The van der Waals surface area contributed by atoms with Crippen molar-refractivity contribution in [1.82, 2.24) is 15.0 Å². The summed E-state index contributed by atoms with van der Waals surface area (Å²) in [5.41, 5.74) is -1.55. The number of nitrogens with zero attached hydrogens (tertiary/aromatic N) is 3. The van der Waals surface area contributed by atoms with Crippen LogP contribution >= 0.6 is 0 Å². The molecule has 1 aromatic rings. The van der Waals surface area contributed by atoms with Gasteiger partial charge in [-0.25, -0.2) is 26.7 Å². The van der Waals surface area contributed by atoms with Crippen molar-refractivity contribution < 1.29 is 27.1 Å². The van der Waals surface area contributed by atoms with E-state index in [9.17, 15) is 22.0 Å². The summed E-state index contributed by atoms with van der Waals surface area (Å²) in [6, 6.07) is -0.580. The average molecular weight is 323 g/mol. The quantitative estimate of drug-likeness (QED) is 0.899. The second-order valence-electron chi connectivity index (χ2n) is 5.15. The van der Waals surface area contributed by atoms with Gasteiger partial charge in [-0.3, -0.25) is 0 Å². The van der Waals surface area contributed by atoms with Gasteiger partial charge in [0.1, 0.15) is 15.5 Å². The minimum absolute atomic E-state index is 0.140. The van der Waals surface area contributed by atoms with Crippen molar-refractivity contribution in [2.45, 2.75) is 43.4 Å². The Morgan fingerprint density at radius 1 is 1.43 bits per heavy atom. The lowest BCUT2D eigenvalue weighted by atomic mass is 9.95. The van der Waals surface area contributed by atoms with Crippen LogP contribution in [-0.4, -0.2) is 46.0 Å². The van der Waals surface area contributed by atoms with Crippen molar-refractivity contribution in [2.24, 2.45) is 0 Å². The van der Waals surface area contributed by atoms with Crippen molar-refractivity contribution in [3.8, 4) is 0 Å². The molecule has 0 aliphatic heterocycles. The Balaban J connectivity index is 2.36. The second-order valence-corrected chi connectivity index (χ2v) is 7.47. The van der Waals surface area contributed by atoms with Crippen LogP contribution in [0.25, 0.3) is 0 Å². The SMILES string of the molecule is CS(=O)(=O)C1CCCC(n2nnc(C(=O)O)c2C(F)F)C1. The van der Waals surface area contributed by atoms with Gasteiger partial charge in [0.2, 0.25) is 0 Å². The summed E-state index contributed by atoms with van der Waals surface area (Å²) in [5, 5.41) is 15.0. The number of aromatic carboxylic acids is 1. The van der Waals surface area contributed by atoms with Gasteiger partial charge in [0.05, 0.1) is 11.3 Å². The van der Waals surface area contributed by atoms with Crippen LogP contribution in [0.4, 0.5) is 8.78 Å². The maximum absolute atomic E-state index is 13.1. The molecule has 0 saturated heterocycles. The molecule has 0 aromatic carbocycles. The number of halogens is 2. The van der Waals surface area contributed by atoms with Gasteiger partial charge in [-0.2, -0.15) is 0 Å². The van der Waals surface area contributed by atoms with E-state index in [0.717, 1.165) is 10.9 Å². The van der Waals surface area contributed by atoms with Crippen LogP contribution in [0.2, 0.25) is 0 Å². The van der Waals surface area contributed by atoms with Crippen molar-refractivity contribution in [3.63, 3.8) is 0 Å². The number of aromatic nitrogens is 3. The van der Waals surface area contributed by atoms with Gasteiger partial charge in [-0.1, -0.05) is 11.6 Å². The fraction of sp³-hybridized carbons (Fsp3) is 0.727.